The van der Waals surface area contributed by atoms with Crippen LogP contribution in [0.4, 0.5) is 0 Å². The molecule has 0 saturated carbocycles. The molecule has 5 heteroatoms. The summed E-state index contributed by atoms with van der Waals surface area (Å²) in [7, 11) is 0. The van der Waals surface area contributed by atoms with Gasteiger partial charge in [0.1, 0.15) is 5.69 Å². The van der Waals surface area contributed by atoms with Gasteiger partial charge in [-0.1, -0.05) is 12.1 Å². The Bertz CT molecular complexity index is 848. The summed E-state index contributed by atoms with van der Waals surface area (Å²) in [5.41, 5.74) is 2.30. The predicted octanol–water partition coefficient (Wildman–Crippen LogP) is 2.60. The van der Waals surface area contributed by atoms with Crippen LogP contribution < -0.4 is 5.32 Å². The number of terminal acetylenes is 1. The fourth-order valence-electron chi connectivity index (χ4n) is 1.95. The highest BCUT2D eigenvalue weighted by Crippen LogP contribution is 2.13. The number of hydrogen-bond acceptors (Lipinski definition) is 4. The first-order valence-electron chi connectivity index (χ1n) is 6.30. The Hall–Kier alpha value is -2.71. The molecule has 4 nitrogen and oxygen atoms in total. The Morgan fingerprint density at radius 2 is 2.29 bits per heavy atom. The highest BCUT2D eigenvalue weighted by atomic mass is 32.1. The van der Waals surface area contributed by atoms with Crippen molar-refractivity contribution in [2.45, 2.75) is 6.54 Å². The van der Waals surface area contributed by atoms with Crippen LogP contribution >= 0.6 is 11.3 Å². The fraction of sp³-hybridized carbons (Fsp3) is 0.0625. The molecule has 2 aromatic heterocycles. The Morgan fingerprint density at radius 3 is 3.10 bits per heavy atom. The van der Waals surface area contributed by atoms with Crippen LogP contribution in [0.2, 0.25) is 0 Å². The third-order valence-electron chi connectivity index (χ3n) is 2.98. The van der Waals surface area contributed by atoms with Crippen LogP contribution in [0.3, 0.4) is 0 Å². The van der Waals surface area contributed by atoms with Gasteiger partial charge in [0.05, 0.1) is 5.52 Å². The van der Waals surface area contributed by atoms with Gasteiger partial charge in [-0.25, -0.2) is 4.98 Å². The van der Waals surface area contributed by atoms with Crippen molar-refractivity contribution < 1.29 is 4.79 Å². The summed E-state index contributed by atoms with van der Waals surface area (Å²) in [6.45, 7) is 0.437. The molecule has 1 aromatic carbocycles. The summed E-state index contributed by atoms with van der Waals surface area (Å²) in [6, 6.07) is 9.78. The zero-order valence-corrected chi connectivity index (χ0v) is 11.9. The maximum atomic E-state index is 12.0. The van der Waals surface area contributed by atoms with Crippen LogP contribution in [-0.2, 0) is 6.54 Å². The van der Waals surface area contributed by atoms with Gasteiger partial charge in [-0.15, -0.1) is 17.8 Å². The minimum absolute atomic E-state index is 0.223. The maximum Gasteiger partial charge on any atom is 0.271 e. The first kappa shape index (κ1) is 13.3. The highest BCUT2D eigenvalue weighted by molar-refractivity contribution is 7.10. The van der Waals surface area contributed by atoms with Crippen LogP contribution in [0.15, 0.2) is 41.9 Å². The first-order chi connectivity index (χ1) is 10.3. The minimum atomic E-state index is -0.223. The van der Waals surface area contributed by atoms with Crippen molar-refractivity contribution in [2.75, 3.05) is 0 Å². The topological polar surface area (TPSA) is 54.9 Å². The normalized spacial score (nSPS) is 10.2. The molecule has 0 spiro atoms. The molecule has 0 radical (unpaired) electrons. The summed E-state index contributed by atoms with van der Waals surface area (Å²) in [5.74, 6) is 2.19. The number of benzene rings is 1. The van der Waals surface area contributed by atoms with Crippen molar-refractivity contribution in [3.05, 3.63) is 58.2 Å². The molecule has 0 aliphatic carbocycles. The highest BCUT2D eigenvalue weighted by Gasteiger charge is 2.09. The van der Waals surface area contributed by atoms with Crippen molar-refractivity contribution in [2.24, 2.45) is 0 Å². The number of thiazole rings is 1. The van der Waals surface area contributed by atoms with E-state index in [4.69, 9.17) is 6.42 Å². The number of hydrogen-bond donors (Lipinski definition) is 1. The molecule has 2 heterocycles. The van der Waals surface area contributed by atoms with E-state index >= 15 is 0 Å². The second kappa shape index (κ2) is 5.73. The standard InChI is InChI=1S/C16H11N3OS/c1-2-15-19-14(10-21-15)16(20)18-9-11-5-6-13-12(8-11)4-3-7-17-13/h1,3-8,10H,9H2,(H,18,20). The van der Waals surface area contributed by atoms with E-state index in [-0.39, 0.29) is 5.91 Å². The number of fused-ring (bicyclic) bond motifs is 1. The maximum absolute atomic E-state index is 12.0. The Morgan fingerprint density at radius 1 is 1.38 bits per heavy atom. The molecule has 0 aliphatic heterocycles. The lowest BCUT2D eigenvalue weighted by molar-refractivity contribution is 0.0946. The Balaban J connectivity index is 1.71. The number of nitrogens with one attached hydrogen (secondary N) is 1. The van der Waals surface area contributed by atoms with Crippen LogP contribution in [-0.4, -0.2) is 15.9 Å². The smallest absolute Gasteiger partial charge is 0.271 e. The van der Waals surface area contributed by atoms with Gasteiger partial charge >= 0.3 is 0 Å². The van der Waals surface area contributed by atoms with E-state index in [1.54, 1.807) is 11.6 Å². The van der Waals surface area contributed by atoms with Crippen LogP contribution in [0.25, 0.3) is 10.9 Å². The van der Waals surface area contributed by atoms with Crippen molar-refractivity contribution in [1.29, 1.82) is 0 Å². The lowest BCUT2D eigenvalue weighted by Gasteiger charge is -2.05. The molecule has 0 aliphatic rings. The lowest BCUT2D eigenvalue weighted by atomic mass is 10.1. The van der Waals surface area contributed by atoms with Crippen LogP contribution in [0.1, 0.15) is 21.1 Å². The number of nitrogens with zero attached hydrogens (tertiary/aromatic N) is 2. The van der Waals surface area contributed by atoms with Gasteiger partial charge < -0.3 is 5.32 Å². The summed E-state index contributed by atoms with van der Waals surface area (Å²) in [5, 5.41) is 6.05. The molecule has 102 valence electrons. The molecule has 0 saturated heterocycles. The predicted molar refractivity (Wildman–Crippen MR) is 83.0 cm³/mol. The largest absolute Gasteiger partial charge is 0.347 e. The van der Waals surface area contributed by atoms with E-state index in [1.165, 1.54) is 11.3 Å². The second-order valence-electron chi connectivity index (χ2n) is 4.40. The number of amides is 1. The van der Waals surface area contributed by atoms with Gasteiger partial charge in [0.25, 0.3) is 5.91 Å². The molecular weight excluding hydrogens is 282 g/mol. The van der Waals surface area contributed by atoms with E-state index < -0.39 is 0 Å². The number of carbonyl (C=O) groups excluding carboxylic acids is 1. The van der Waals surface area contributed by atoms with E-state index in [2.05, 4.69) is 21.2 Å². The summed E-state index contributed by atoms with van der Waals surface area (Å²) in [4.78, 5) is 20.3. The number of pyridine rings is 1. The Labute approximate surface area is 125 Å². The second-order valence-corrected chi connectivity index (χ2v) is 5.25. The van der Waals surface area contributed by atoms with Crippen molar-refractivity contribution in [3.8, 4) is 12.3 Å². The molecule has 0 bridgehead atoms. The van der Waals surface area contributed by atoms with Crippen LogP contribution in [0, 0.1) is 12.3 Å². The molecule has 1 N–H and O–H groups in total. The number of rotatable bonds is 3. The van der Waals surface area contributed by atoms with Gasteiger partial charge in [-0.05, 0) is 29.7 Å². The van der Waals surface area contributed by atoms with E-state index in [9.17, 15) is 4.79 Å². The summed E-state index contributed by atoms with van der Waals surface area (Å²) >= 11 is 1.29. The molecule has 0 fully saturated rings. The first-order valence-corrected chi connectivity index (χ1v) is 7.18. The van der Waals surface area contributed by atoms with Gasteiger partial charge in [-0.2, -0.15) is 0 Å². The number of carbonyl (C=O) groups is 1. The fourth-order valence-corrected chi connectivity index (χ4v) is 2.55. The molecular formula is C16H11N3OS. The summed E-state index contributed by atoms with van der Waals surface area (Å²) < 4.78 is 0. The number of aromatic nitrogens is 2. The Kier molecular flexibility index (Phi) is 3.63. The third-order valence-corrected chi connectivity index (χ3v) is 3.75. The van der Waals surface area contributed by atoms with Gasteiger partial charge in [0.2, 0.25) is 0 Å². The molecule has 3 rings (SSSR count). The molecule has 3 aromatic rings. The average Bonchev–Trinajstić information content (AvgIpc) is 3.01. The SMILES string of the molecule is C#Cc1nc(C(=O)NCc2ccc3ncccc3c2)cs1. The van der Waals surface area contributed by atoms with Crippen molar-refractivity contribution in [3.63, 3.8) is 0 Å². The molecule has 0 atom stereocenters. The lowest BCUT2D eigenvalue weighted by Crippen LogP contribution is -2.23. The third kappa shape index (κ3) is 2.91. The molecule has 0 unspecified atom stereocenters. The van der Waals surface area contributed by atoms with E-state index in [1.807, 2.05) is 30.3 Å². The van der Waals surface area contributed by atoms with Gasteiger partial charge in [0.15, 0.2) is 5.01 Å². The van der Waals surface area contributed by atoms with E-state index in [0.29, 0.717) is 17.2 Å². The average molecular weight is 293 g/mol. The minimum Gasteiger partial charge on any atom is -0.347 e. The quantitative estimate of drug-likeness (QED) is 0.755. The van der Waals surface area contributed by atoms with Crippen LogP contribution in [0.5, 0.6) is 0 Å². The van der Waals surface area contributed by atoms with Crippen molar-refractivity contribution in [1.82, 2.24) is 15.3 Å². The van der Waals surface area contributed by atoms with Crippen molar-refractivity contribution >= 4 is 28.1 Å². The molecule has 21 heavy (non-hydrogen) atoms. The monoisotopic (exact) mass is 293 g/mol. The van der Waals surface area contributed by atoms with Gasteiger partial charge in [-0.3, -0.25) is 9.78 Å². The van der Waals surface area contributed by atoms with Gasteiger partial charge in [0, 0.05) is 23.5 Å². The zero-order chi connectivity index (χ0) is 14.7. The molecule has 1 amide bonds. The zero-order valence-electron chi connectivity index (χ0n) is 11.0. The van der Waals surface area contributed by atoms with E-state index in [0.717, 1.165) is 16.5 Å². The summed E-state index contributed by atoms with van der Waals surface area (Å²) in [6.07, 6.45) is 7.00.